The number of nitrogens with two attached hydrogens (primary N) is 1. The van der Waals surface area contributed by atoms with Gasteiger partial charge in [0.1, 0.15) is 5.75 Å². The Balaban J connectivity index is 1.92. The van der Waals surface area contributed by atoms with E-state index in [2.05, 4.69) is 13.0 Å². The maximum absolute atomic E-state index is 12.8. The summed E-state index contributed by atoms with van der Waals surface area (Å²) in [4.78, 5) is 14.7. The molecule has 1 amide bonds. The summed E-state index contributed by atoms with van der Waals surface area (Å²) in [5.41, 5.74) is 11.1. The monoisotopic (exact) mass is 338 g/mol. The van der Waals surface area contributed by atoms with Crippen molar-refractivity contribution in [3.63, 3.8) is 0 Å². The third-order valence-electron chi connectivity index (χ3n) is 4.91. The second-order valence-corrected chi connectivity index (χ2v) is 6.87. The fourth-order valence-electron chi connectivity index (χ4n) is 3.52. The van der Waals surface area contributed by atoms with Crippen LogP contribution in [0.25, 0.3) is 11.1 Å². The SMILES string of the molecule is COc1cc(C)c(-c2cccc(C(=O)N3CCCC(N)C3)c2)cc1C. The topological polar surface area (TPSA) is 55.6 Å². The van der Waals surface area contributed by atoms with Crippen LogP contribution in [0.15, 0.2) is 36.4 Å². The third kappa shape index (κ3) is 3.69. The molecule has 1 heterocycles. The molecule has 2 N–H and O–H groups in total. The zero-order valence-corrected chi connectivity index (χ0v) is 15.2. The summed E-state index contributed by atoms with van der Waals surface area (Å²) in [5.74, 6) is 0.954. The predicted octanol–water partition coefficient (Wildman–Crippen LogP) is 3.54. The van der Waals surface area contributed by atoms with Gasteiger partial charge in [-0.15, -0.1) is 0 Å². The Kier molecular flexibility index (Phi) is 5.09. The number of hydrogen-bond donors (Lipinski definition) is 1. The average molecular weight is 338 g/mol. The molecular weight excluding hydrogens is 312 g/mol. The van der Waals surface area contributed by atoms with Gasteiger partial charge in [0.2, 0.25) is 0 Å². The molecule has 3 rings (SSSR count). The molecule has 2 aromatic rings. The van der Waals surface area contributed by atoms with E-state index in [0.717, 1.165) is 53.0 Å². The molecule has 2 aromatic carbocycles. The Morgan fingerprint density at radius 2 is 2.00 bits per heavy atom. The van der Waals surface area contributed by atoms with Gasteiger partial charge in [-0.3, -0.25) is 4.79 Å². The van der Waals surface area contributed by atoms with Crippen LogP contribution in [0, 0.1) is 13.8 Å². The fraction of sp³-hybridized carbons (Fsp3) is 0.381. The number of nitrogens with zero attached hydrogens (tertiary/aromatic N) is 1. The van der Waals surface area contributed by atoms with Crippen LogP contribution in [-0.4, -0.2) is 37.0 Å². The van der Waals surface area contributed by atoms with E-state index in [9.17, 15) is 4.79 Å². The molecule has 1 aliphatic rings. The Hall–Kier alpha value is -2.33. The lowest BCUT2D eigenvalue weighted by molar-refractivity contribution is 0.0709. The van der Waals surface area contributed by atoms with Crippen molar-refractivity contribution in [1.82, 2.24) is 4.90 Å². The minimum atomic E-state index is 0.0693. The molecule has 4 nitrogen and oxygen atoms in total. The van der Waals surface area contributed by atoms with Gasteiger partial charge in [0, 0.05) is 24.7 Å². The largest absolute Gasteiger partial charge is 0.496 e. The van der Waals surface area contributed by atoms with Gasteiger partial charge in [0.15, 0.2) is 0 Å². The highest BCUT2D eigenvalue weighted by Gasteiger charge is 2.22. The number of amides is 1. The maximum Gasteiger partial charge on any atom is 0.253 e. The van der Waals surface area contributed by atoms with Crippen LogP contribution in [0.1, 0.15) is 34.3 Å². The third-order valence-corrected chi connectivity index (χ3v) is 4.91. The predicted molar refractivity (Wildman–Crippen MR) is 101 cm³/mol. The normalized spacial score (nSPS) is 17.4. The van der Waals surface area contributed by atoms with E-state index < -0.39 is 0 Å². The first-order chi connectivity index (χ1) is 12.0. The van der Waals surface area contributed by atoms with Crippen LogP contribution >= 0.6 is 0 Å². The number of likely N-dealkylation sites (tertiary alicyclic amines) is 1. The molecule has 4 heteroatoms. The van der Waals surface area contributed by atoms with E-state index >= 15 is 0 Å². The van der Waals surface area contributed by atoms with E-state index in [-0.39, 0.29) is 11.9 Å². The summed E-state index contributed by atoms with van der Waals surface area (Å²) in [5, 5.41) is 0. The molecule has 132 valence electrons. The van der Waals surface area contributed by atoms with Gasteiger partial charge < -0.3 is 15.4 Å². The number of piperidine rings is 1. The summed E-state index contributed by atoms with van der Waals surface area (Å²) in [6, 6.07) is 12.1. The van der Waals surface area contributed by atoms with Gasteiger partial charge in [-0.1, -0.05) is 12.1 Å². The Bertz CT molecular complexity index is 785. The van der Waals surface area contributed by atoms with Gasteiger partial charge in [0.05, 0.1) is 7.11 Å². The van der Waals surface area contributed by atoms with Crippen molar-refractivity contribution in [2.45, 2.75) is 32.7 Å². The zero-order valence-electron chi connectivity index (χ0n) is 15.2. The molecular formula is C21H26N2O2. The quantitative estimate of drug-likeness (QED) is 0.931. The van der Waals surface area contributed by atoms with Crippen LogP contribution in [0.3, 0.4) is 0 Å². The molecule has 0 aromatic heterocycles. The lowest BCUT2D eigenvalue weighted by Crippen LogP contribution is -2.45. The van der Waals surface area contributed by atoms with Gasteiger partial charge in [-0.25, -0.2) is 0 Å². The minimum Gasteiger partial charge on any atom is -0.496 e. The highest BCUT2D eigenvalue weighted by atomic mass is 16.5. The van der Waals surface area contributed by atoms with Crippen molar-refractivity contribution in [2.24, 2.45) is 5.73 Å². The number of carbonyl (C=O) groups excluding carboxylic acids is 1. The van der Waals surface area contributed by atoms with Crippen LogP contribution in [-0.2, 0) is 0 Å². The van der Waals surface area contributed by atoms with E-state index in [1.165, 1.54) is 0 Å². The van der Waals surface area contributed by atoms with Gasteiger partial charge >= 0.3 is 0 Å². The summed E-state index contributed by atoms with van der Waals surface area (Å²) in [7, 11) is 1.68. The zero-order chi connectivity index (χ0) is 18.0. The number of benzene rings is 2. The van der Waals surface area contributed by atoms with Crippen LogP contribution in [0.5, 0.6) is 5.75 Å². The van der Waals surface area contributed by atoms with E-state index in [4.69, 9.17) is 10.5 Å². The molecule has 1 atom stereocenters. The first kappa shape index (κ1) is 17.5. The van der Waals surface area contributed by atoms with Crippen molar-refractivity contribution in [1.29, 1.82) is 0 Å². The number of ether oxygens (including phenoxy) is 1. The standard InChI is InChI=1S/C21H26N2O2/c1-14-11-20(25-3)15(2)10-19(14)16-6-4-7-17(12-16)21(24)23-9-5-8-18(22)13-23/h4,6-7,10-12,18H,5,8-9,13,22H2,1-3H3. The molecule has 1 fully saturated rings. The van der Waals surface area contributed by atoms with Gasteiger partial charge in [-0.05, 0) is 73.2 Å². The summed E-state index contributed by atoms with van der Waals surface area (Å²) in [6.45, 7) is 5.53. The van der Waals surface area contributed by atoms with E-state index in [1.54, 1.807) is 7.11 Å². The molecule has 0 saturated carbocycles. The lowest BCUT2D eigenvalue weighted by Gasteiger charge is -2.31. The second kappa shape index (κ2) is 7.28. The first-order valence-corrected chi connectivity index (χ1v) is 8.80. The highest BCUT2D eigenvalue weighted by molar-refractivity contribution is 5.95. The number of rotatable bonds is 3. The van der Waals surface area contributed by atoms with E-state index in [1.807, 2.05) is 42.2 Å². The smallest absolute Gasteiger partial charge is 0.253 e. The van der Waals surface area contributed by atoms with Crippen molar-refractivity contribution >= 4 is 5.91 Å². The molecule has 0 bridgehead atoms. The lowest BCUT2D eigenvalue weighted by atomic mass is 9.96. The molecule has 1 saturated heterocycles. The van der Waals surface area contributed by atoms with E-state index in [0.29, 0.717) is 6.54 Å². The number of hydrogen-bond acceptors (Lipinski definition) is 3. The Labute approximate surface area is 149 Å². The summed E-state index contributed by atoms with van der Waals surface area (Å²) < 4.78 is 5.40. The Morgan fingerprint density at radius 1 is 1.20 bits per heavy atom. The number of carbonyl (C=O) groups is 1. The van der Waals surface area contributed by atoms with Crippen LogP contribution in [0.2, 0.25) is 0 Å². The maximum atomic E-state index is 12.8. The van der Waals surface area contributed by atoms with Crippen molar-refractivity contribution in [3.8, 4) is 16.9 Å². The molecule has 0 aliphatic carbocycles. The van der Waals surface area contributed by atoms with Gasteiger partial charge in [0.25, 0.3) is 5.91 Å². The molecule has 25 heavy (non-hydrogen) atoms. The van der Waals surface area contributed by atoms with Crippen LogP contribution < -0.4 is 10.5 Å². The first-order valence-electron chi connectivity index (χ1n) is 8.80. The summed E-state index contributed by atoms with van der Waals surface area (Å²) >= 11 is 0. The molecule has 0 radical (unpaired) electrons. The fourth-order valence-corrected chi connectivity index (χ4v) is 3.52. The molecule has 1 aliphatic heterocycles. The minimum absolute atomic E-state index is 0.0693. The number of methoxy groups -OCH3 is 1. The summed E-state index contributed by atoms with van der Waals surface area (Å²) in [6.07, 6.45) is 1.97. The van der Waals surface area contributed by atoms with Gasteiger partial charge in [-0.2, -0.15) is 0 Å². The van der Waals surface area contributed by atoms with Crippen LogP contribution in [0.4, 0.5) is 0 Å². The molecule has 1 unspecified atom stereocenters. The highest BCUT2D eigenvalue weighted by Crippen LogP contribution is 2.30. The average Bonchev–Trinajstić information content (AvgIpc) is 2.62. The van der Waals surface area contributed by atoms with Crippen molar-refractivity contribution in [2.75, 3.05) is 20.2 Å². The van der Waals surface area contributed by atoms with Crippen molar-refractivity contribution in [3.05, 3.63) is 53.1 Å². The Morgan fingerprint density at radius 3 is 2.72 bits per heavy atom. The van der Waals surface area contributed by atoms with Crippen molar-refractivity contribution < 1.29 is 9.53 Å². The second-order valence-electron chi connectivity index (χ2n) is 6.87. The number of aryl methyl sites for hydroxylation is 2. The molecule has 0 spiro atoms.